The van der Waals surface area contributed by atoms with Gasteiger partial charge in [0.2, 0.25) is 0 Å². The Bertz CT molecular complexity index is 1440. The highest BCUT2D eigenvalue weighted by molar-refractivity contribution is 6.04. The van der Waals surface area contributed by atoms with E-state index in [0.29, 0.717) is 30.4 Å². The molecule has 0 bridgehead atoms. The lowest BCUT2D eigenvalue weighted by Crippen LogP contribution is -2.15. The normalized spacial score (nSPS) is 11.6. The molecule has 2 aromatic heterocycles. The average Bonchev–Trinajstić information content (AvgIpc) is 2.90. The predicted octanol–water partition coefficient (Wildman–Crippen LogP) is 6.20. The lowest BCUT2D eigenvalue weighted by atomic mass is 9.97. The topological polar surface area (TPSA) is 71.0 Å². The molecule has 0 saturated heterocycles. The molecule has 202 valence electrons. The van der Waals surface area contributed by atoms with Gasteiger partial charge in [0, 0.05) is 35.6 Å². The number of alkyl halides is 3. The van der Waals surface area contributed by atoms with E-state index < -0.39 is 17.6 Å². The smallest absolute Gasteiger partial charge is 0.322 e. The van der Waals surface area contributed by atoms with Crippen molar-refractivity contribution < 1.29 is 18.0 Å². The summed E-state index contributed by atoms with van der Waals surface area (Å²) in [5.41, 5.74) is 4.45. The molecule has 1 N–H and O–H groups in total. The van der Waals surface area contributed by atoms with E-state index in [2.05, 4.69) is 20.3 Å². The van der Waals surface area contributed by atoms with E-state index in [4.69, 9.17) is 0 Å². The first-order chi connectivity index (χ1) is 18.6. The Labute approximate surface area is 226 Å². The third-order valence-corrected chi connectivity index (χ3v) is 6.37. The number of amides is 1. The number of nitrogens with zero attached hydrogens (tertiary/aromatic N) is 4. The van der Waals surface area contributed by atoms with Gasteiger partial charge in [-0.15, -0.1) is 0 Å². The fourth-order valence-electron chi connectivity index (χ4n) is 4.32. The van der Waals surface area contributed by atoms with Crippen molar-refractivity contribution in [2.75, 3.05) is 26.0 Å². The fraction of sp³-hybridized carbons (Fsp3) is 0.267. The third-order valence-electron chi connectivity index (χ3n) is 6.37. The maximum absolute atomic E-state index is 13.6. The molecular formula is C30H30F3N5O. The van der Waals surface area contributed by atoms with E-state index in [1.165, 1.54) is 6.33 Å². The first kappa shape index (κ1) is 27.9. The van der Waals surface area contributed by atoms with Crippen LogP contribution in [-0.4, -0.2) is 46.4 Å². The highest BCUT2D eigenvalue weighted by atomic mass is 19.4. The van der Waals surface area contributed by atoms with Crippen LogP contribution in [0, 0.1) is 6.92 Å². The predicted molar refractivity (Wildman–Crippen MR) is 146 cm³/mol. The molecule has 4 rings (SSSR count). The maximum atomic E-state index is 13.6. The summed E-state index contributed by atoms with van der Waals surface area (Å²) in [6.07, 6.45) is 1.95. The monoisotopic (exact) mass is 533 g/mol. The van der Waals surface area contributed by atoms with Crippen molar-refractivity contribution in [3.8, 4) is 11.3 Å². The minimum atomic E-state index is -4.52. The van der Waals surface area contributed by atoms with Crippen LogP contribution in [0.4, 0.5) is 18.9 Å². The quantitative estimate of drug-likeness (QED) is 0.277. The summed E-state index contributed by atoms with van der Waals surface area (Å²) in [6.45, 7) is 2.69. The van der Waals surface area contributed by atoms with E-state index in [1.807, 2.05) is 44.1 Å². The summed E-state index contributed by atoms with van der Waals surface area (Å²) in [5.74, 6) is -0.480. The first-order valence-electron chi connectivity index (χ1n) is 12.6. The van der Waals surface area contributed by atoms with Gasteiger partial charge in [0.15, 0.2) is 0 Å². The molecule has 2 heterocycles. The van der Waals surface area contributed by atoms with Gasteiger partial charge in [-0.05, 0) is 106 Å². The van der Waals surface area contributed by atoms with Crippen molar-refractivity contribution in [2.45, 2.75) is 32.4 Å². The lowest BCUT2D eigenvalue weighted by molar-refractivity contribution is -0.137. The molecule has 0 radical (unpaired) electrons. The number of anilines is 1. The molecule has 0 aliphatic heterocycles. The summed E-state index contributed by atoms with van der Waals surface area (Å²) in [4.78, 5) is 28.0. The Morgan fingerprint density at radius 3 is 2.54 bits per heavy atom. The Morgan fingerprint density at radius 2 is 1.82 bits per heavy atom. The standard InChI is InChI=1S/C30H30F3N5O/c1-20-8-9-22(16-23(20)17-28-26(7-4-11-35-28)27-10-12-34-19-36-27)29(39)37-25-15-21(6-5-13-38(2)3)14-24(18-25)30(31,32)33/h4,7-12,14-16,18-19H,5-6,13,17H2,1-3H3,(H,37,39). The highest BCUT2D eigenvalue weighted by Gasteiger charge is 2.31. The Morgan fingerprint density at radius 1 is 1.00 bits per heavy atom. The van der Waals surface area contributed by atoms with Gasteiger partial charge in [0.1, 0.15) is 6.33 Å². The van der Waals surface area contributed by atoms with E-state index in [-0.39, 0.29) is 5.69 Å². The number of nitrogens with one attached hydrogen (secondary N) is 1. The minimum Gasteiger partial charge on any atom is -0.322 e. The molecule has 4 aromatic rings. The molecule has 2 aromatic carbocycles. The SMILES string of the molecule is Cc1ccc(C(=O)Nc2cc(CCCN(C)C)cc(C(F)(F)F)c2)cc1Cc1ncccc1-c1ccncn1. The first-order valence-corrected chi connectivity index (χ1v) is 12.6. The van der Waals surface area contributed by atoms with Gasteiger partial charge in [-0.1, -0.05) is 6.07 Å². The van der Waals surface area contributed by atoms with Crippen LogP contribution in [0.25, 0.3) is 11.3 Å². The molecule has 0 spiro atoms. The van der Waals surface area contributed by atoms with Crippen molar-refractivity contribution in [2.24, 2.45) is 0 Å². The molecule has 39 heavy (non-hydrogen) atoms. The number of aryl methyl sites for hydroxylation is 2. The Balaban J connectivity index is 1.58. The van der Waals surface area contributed by atoms with Crippen molar-refractivity contribution >= 4 is 11.6 Å². The molecular weight excluding hydrogens is 503 g/mol. The largest absolute Gasteiger partial charge is 0.416 e. The lowest BCUT2D eigenvalue weighted by Gasteiger charge is -2.15. The summed E-state index contributed by atoms with van der Waals surface area (Å²) in [5, 5.41) is 2.68. The van der Waals surface area contributed by atoms with Crippen LogP contribution >= 0.6 is 0 Å². The number of benzene rings is 2. The zero-order valence-corrected chi connectivity index (χ0v) is 22.1. The molecule has 6 nitrogen and oxygen atoms in total. The number of hydrogen-bond donors (Lipinski definition) is 1. The summed E-state index contributed by atoms with van der Waals surface area (Å²) >= 11 is 0. The summed E-state index contributed by atoms with van der Waals surface area (Å²) < 4.78 is 40.8. The van der Waals surface area contributed by atoms with Gasteiger partial charge in [0.05, 0.1) is 17.0 Å². The van der Waals surface area contributed by atoms with Crippen molar-refractivity contribution in [3.63, 3.8) is 0 Å². The van der Waals surface area contributed by atoms with Crippen LogP contribution in [0.5, 0.6) is 0 Å². The van der Waals surface area contributed by atoms with E-state index >= 15 is 0 Å². The number of rotatable bonds is 9. The number of pyridine rings is 1. The van der Waals surface area contributed by atoms with Crippen LogP contribution < -0.4 is 5.32 Å². The summed E-state index contributed by atoms with van der Waals surface area (Å²) in [6, 6.07) is 14.6. The van der Waals surface area contributed by atoms with Gasteiger partial charge >= 0.3 is 6.18 Å². The molecule has 0 aliphatic rings. The van der Waals surface area contributed by atoms with Crippen molar-refractivity contribution in [3.05, 3.63) is 107 Å². The minimum absolute atomic E-state index is 0.118. The molecule has 1 amide bonds. The van der Waals surface area contributed by atoms with E-state index in [0.717, 1.165) is 46.8 Å². The summed E-state index contributed by atoms with van der Waals surface area (Å²) in [7, 11) is 3.83. The molecule has 9 heteroatoms. The van der Waals surface area contributed by atoms with Crippen LogP contribution in [-0.2, 0) is 19.0 Å². The van der Waals surface area contributed by atoms with Crippen LogP contribution in [0.1, 0.15) is 44.7 Å². The molecule has 0 saturated carbocycles. The van der Waals surface area contributed by atoms with Gasteiger partial charge < -0.3 is 10.2 Å². The second kappa shape index (κ2) is 12.2. The number of halogens is 3. The van der Waals surface area contributed by atoms with Gasteiger partial charge in [-0.3, -0.25) is 9.78 Å². The number of aromatic nitrogens is 3. The average molecular weight is 534 g/mol. The molecule has 0 aliphatic carbocycles. The zero-order valence-electron chi connectivity index (χ0n) is 22.1. The van der Waals surface area contributed by atoms with Crippen LogP contribution in [0.3, 0.4) is 0 Å². The number of carbonyl (C=O) groups is 1. The van der Waals surface area contributed by atoms with Crippen molar-refractivity contribution in [1.82, 2.24) is 19.9 Å². The zero-order chi connectivity index (χ0) is 28.0. The molecule has 0 unspecified atom stereocenters. The van der Waals surface area contributed by atoms with Gasteiger partial charge in [0.25, 0.3) is 5.91 Å². The Kier molecular flexibility index (Phi) is 8.71. The Hall–Kier alpha value is -4.11. The van der Waals surface area contributed by atoms with E-state index in [1.54, 1.807) is 36.7 Å². The van der Waals surface area contributed by atoms with Gasteiger partial charge in [-0.25, -0.2) is 9.97 Å². The molecule has 0 atom stereocenters. The second-order valence-electron chi connectivity index (χ2n) is 9.69. The molecule has 0 fully saturated rings. The second-order valence-corrected chi connectivity index (χ2v) is 9.69. The van der Waals surface area contributed by atoms with Crippen LogP contribution in [0.2, 0.25) is 0 Å². The highest BCUT2D eigenvalue weighted by Crippen LogP contribution is 2.32. The number of carbonyl (C=O) groups excluding carboxylic acids is 1. The van der Waals surface area contributed by atoms with Crippen LogP contribution in [0.15, 0.2) is 73.3 Å². The maximum Gasteiger partial charge on any atom is 0.416 e. The van der Waals surface area contributed by atoms with E-state index in [9.17, 15) is 18.0 Å². The third kappa shape index (κ3) is 7.48. The van der Waals surface area contributed by atoms with Gasteiger partial charge in [-0.2, -0.15) is 13.2 Å². The fourth-order valence-corrected chi connectivity index (χ4v) is 4.32. The number of hydrogen-bond acceptors (Lipinski definition) is 5. The van der Waals surface area contributed by atoms with Crippen molar-refractivity contribution in [1.29, 1.82) is 0 Å².